The van der Waals surface area contributed by atoms with Gasteiger partial charge in [-0.1, -0.05) is 24.6 Å². The van der Waals surface area contributed by atoms with Crippen LogP contribution in [0, 0.1) is 5.92 Å². The molecule has 1 aliphatic heterocycles. The number of ether oxygens (including phenoxy) is 2. The van der Waals surface area contributed by atoms with Gasteiger partial charge in [-0.25, -0.2) is 0 Å². The third kappa shape index (κ3) is 3.97. The monoisotopic (exact) mass is 345 g/mol. The molecule has 5 nitrogen and oxygen atoms in total. The van der Waals surface area contributed by atoms with Crippen molar-refractivity contribution in [3.8, 4) is 5.75 Å². The standard InChI is InChI=1S/C20H27NO4/c1-24-17-10-4-3-8-15(17)9-7-13-21-19(23)16-14-18(22)25-20(16)11-5-2-6-12-20/h3-4,8,10,16H,2,5-7,9,11-14H2,1H3,(H,21,23)/t16-/m0/s1. The van der Waals surface area contributed by atoms with Crippen LogP contribution in [0.25, 0.3) is 0 Å². The highest BCUT2D eigenvalue weighted by molar-refractivity contribution is 5.87. The minimum Gasteiger partial charge on any atom is -0.496 e. The second-order valence-electron chi connectivity index (χ2n) is 7.06. The summed E-state index contributed by atoms with van der Waals surface area (Å²) in [5.41, 5.74) is 0.601. The van der Waals surface area contributed by atoms with Gasteiger partial charge in [-0.15, -0.1) is 0 Å². The van der Waals surface area contributed by atoms with Crippen molar-refractivity contribution < 1.29 is 19.1 Å². The van der Waals surface area contributed by atoms with Crippen LogP contribution in [0.2, 0.25) is 0 Å². The first-order valence-corrected chi connectivity index (χ1v) is 9.26. The number of hydrogen-bond acceptors (Lipinski definition) is 4. The summed E-state index contributed by atoms with van der Waals surface area (Å²) in [6.07, 6.45) is 6.76. The fourth-order valence-corrected chi connectivity index (χ4v) is 4.15. The molecule has 0 radical (unpaired) electrons. The first kappa shape index (κ1) is 17.8. The van der Waals surface area contributed by atoms with Crippen molar-refractivity contribution >= 4 is 11.9 Å². The molecule has 0 bridgehead atoms. The lowest BCUT2D eigenvalue weighted by Crippen LogP contribution is -2.46. The summed E-state index contributed by atoms with van der Waals surface area (Å²) in [5, 5.41) is 3.01. The largest absolute Gasteiger partial charge is 0.496 e. The summed E-state index contributed by atoms with van der Waals surface area (Å²) < 4.78 is 11.0. The summed E-state index contributed by atoms with van der Waals surface area (Å²) >= 11 is 0. The van der Waals surface area contributed by atoms with Gasteiger partial charge in [0.05, 0.1) is 19.4 Å². The van der Waals surface area contributed by atoms with Gasteiger partial charge in [0.15, 0.2) is 0 Å². The van der Waals surface area contributed by atoms with E-state index in [2.05, 4.69) is 5.32 Å². The molecule has 1 atom stereocenters. The van der Waals surface area contributed by atoms with Crippen molar-refractivity contribution in [2.24, 2.45) is 5.92 Å². The minimum atomic E-state index is -0.540. The molecule has 3 rings (SSSR count). The van der Waals surface area contributed by atoms with Gasteiger partial charge < -0.3 is 14.8 Å². The second kappa shape index (κ2) is 7.89. The number of methoxy groups -OCH3 is 1. The normalized spacial score (nSPS) is 21.8. The van der Waals surface area contributed by atoms with Crippen LogP contribution in [0.4, 0.5) is 0 Å². The molecule has 5 heteroatoms. The molecule has 1 aliphatic carbocycles. The Morgan fingerprint density at radius 2 is 2.04 bits per heavy atom. The van der Waals surface area contributed by atoms with E-state index < -0.39 is 5.60 Å². The second-order valence-corrected chi connectivity index (χ2v) is 7.06. The van der Waals surface area contributed by atoms with Crippen molar-refractivity contribution in [2.45, 2.75) is 57.0 Å². The fourth-order valence-electron chi connectivity index (χ4n) is 4.15. The Balaban J connectivity index is 1.51. The van der Waals surface area contributed by atoms with E-state index in [0.29, 0.717) is 6.54 Å². The van der Waals surface area contributed by atoms with Gasteiger partial charge in [-0.05, 0) is 50.2 Å². The molecule has 1 N–H and O–H groups in total. The molecule has 0 aromatic heterocycles. The first-order valence-electron chi connectivity index (χ1n) is 9.26. The highest BCUT2D eigenvalue weighted by Gasteiger charge is 2.52. The topological polar surface area (TPSA) is 64.6 Å². The maximum absolute atomic E-state index is 12.6. The highest BCUT2D eigenvalue weighted by atomic mass is 16.6. The third-order valence-electron chi connectivity index (χ3n) is 5.45. The maximum atomic E-state index is 12.6. The van der Waals surface area contributed by atoms with Crippen LogP contribution in [-0.4, -0.2) is 31.1 Å². The molecule has 136 valence electrons. The lowest BCUT2D eigenvalue weighted by molar-refractivity contribution is -0.153. The number of benzene rings is 1. The lowest BCUT2D eigenvalue weighted by atomic mass is 9.75. The molecule has 1 spiro atoms. The molecular formula is C20H27NO4. The Morgan fingerprint density at radius 1 is 1.28 bits per heavy atom. The quantitative estimate of drug-likeness (QED) is 0.636. The number of hydrogen-bond donors (Lipinski definition) is 1. The summed E-state index contributed by atoms with van der Waals surface area (Å²) in [6, 6.07) is 7.93. The number of aryl methyl sites for hydroxylation is 1. The van der Waals surface area contributed by atoms with E-state index in [4.69, 9.17) is 9.47 Å². The number of nitrogens with one attached hydrogen (secondary N) is 1. The zero-order valence-electron chi connectivity index (χ0n) is 14.9. The van der Waals surface area contributed by atoms with Crippen LogP contribution >= 0.6 is 0 Å². The number of rotatable bonds is 6. The maximum Gasteiger partial charge on any atom is 0.307 e. The van der Waals surface area contributed by atoms with Crippen LogP contribution in [-0.2, 0) is 20.7 Å². The Bertz CT molecular complexity index is 622. The molecular weight excluding hydrogens is 318 g/mol. The van der Waals surface area contributed by atoms with Gasteiger partial charge in [-0.3, -0.25) is 9.59 Å². The smallest absolute Gasteiger partial charge is 0.307 e. The average Bonchev–Trinajstić information content (AvgIpc) is 2.95. The zero-order chi connectivity index (χ0) is 17.7. The molecule has 1 saturated heterocycles. The van der Waals surface area contributed by atoms with Crippen LogP contribution in [0.5, 0.6) is 5.75 Å². The van der Waals surface area contributed by atoms with E-state index in [1.165, 1.54) is 0 Å². The van der Waals surface area contributed by atoms with Gasteiger partial charge in [-0.2, -0.15) is 0 Å². The van der Waals surface area contributed by atoms with E-state index in [0.717, 1.165) is 56.3 Å². The molecule has 1 amide bonds. The van der Waals surface area contributed by atoms with Crippen molar-refractivity contribution in [1.29, 1.82) is 0 Å². The van der Waals surface area contributed by atoms with Crippen LogP contribution in [0.15, 0.2) is 24.3 Å². The lowest BCUT2D eigenvalue weighted by Gasteiger charge is -2.36. The molecule has 2 aliphatic rings. The van der Waals surface area contributed by atoms with Gasteiger partial charge in [0.25, 0.3) is 0 Å². The Kier molecular flexibility index (Phi) is 5.61. The molecule has 1 aromatic carbocycles. The summed E-state index contributed by atoms with van der Waals surface area (Å²) in [5.74, 6) is 0.292. The molecule has 1 aromatic rings. The molecule has 0 unspecified atom stereocenters. The van der Waals surface area contributed by atoms with E-state index in [9.17, 15) is 9.59 Å². The average molecular weight is 345 g/mol. The Hall–Kier alpha value is -2.04. The molecule has 1 heterocycles. The number of amides is 1. The third-order valence-corrected chi connectivity index (χ3v) is 5.45. The first-order chi connectivity index (χ1) is 12.1. The number of carbonyl (C=O) groups excluding carboxylic acids is 2. The van der Waals surface area contributed by atoms with E-state index in [1.807, 2.05) is 24.3 Å². The summed E-state index contributed by atoms with van der Waals surface area (Å²) in [7, 11) is 1.67. The predicted molar refractivity (Wildman–Crippen MR) is 94.3 cm³/mol. The summed E-state index contributed by atoms with van der Waals surface area (Å²) in [6.45, 7) is 0.595. The van der Waals surface area contributed by atoms with Gasteiger partial charge in [0.2, 0.25) is 5.91 Å². The van der Waals surface area contributed by atoms with Gasteiger partial charge >= 0.3 is 5.97 Å². The number of para-hydroxylation sites is 1. The molecule has 25 heavy (non-hydrogen) atoms. The van der Waals surface area contributed by atoms with Crippen molar-refractivity contribution in [2.75, 3.05) is 13.7 Å². The Labute approximate surface area is 149 Å². The fraction of sp³-hybridized carbons (Fsp3) is 0.600. The van der Waals surface area contributed by atoms with Crippen molar-refractivity contribution in [3.05, 3.63) is 29.8 Å². The zero-order valence-corrected chi connectivity index (χ0v) is 14.9. The molecule has 2 fully saturated rings. The van der Waals surface area contributed by atoms with E-state index in [-0.39, 0.29) is 24.2 Å². The summed E-state index contributed by atoms with van der Waals surface area (Å²) in [4.78, 5) is 24.4. The highest BCUT2D eigenvalue weighted by Crippen LogP contribution is 2.44. The molecule has 1 saturated carbocycles. The van der Waals surface area contributed by atoms with Crippen molar-refractivity contribution in [1.82, 2.24) is 5.32 Å². The van der Waals surface area contributed by atoms with Gasteiger partial charge in [0, 0.05) is 6.54 Å². The van der Waals surface area contributed by atoms with Crippen LogP contribution in [0.1, 0.15) is 50.5 Å². The van der Waals surface area contributed by atoms with E-state index >= 15 is 0 Å². The number of esters is 1. The van der Waals surface area contributed by atoms with E-state index in [1.54, 1.807) is 7.11 Å². The van der Waals surface area contributed by atoms with Gasteiger partial charge in [0.1, 0.15) is 11.4 Å². The SMILES string of the molecule is COc1ccccc1CCCNC(=O)[C@@H]1CC(=O)OC12CCCCC2. The van der Waals surface area contributed by atoms with Crippen LogP contribution in [0.3, 0.4) is 0 Å². The van der Waals surface area contributed by atoms with Crippen molar-refractivity contribution in [3.63, 3.8) is 0 Å². The Morgan fingerprint density at radius 3 is 2.80 bits per heavy atom. The number of carbonyl (C=O) groups is 2. The minimum absolute atomic E-state index is 0.0345. The predicted octanol–water partition coefficient (Wildman–Crippen LogP) is 3.01. The van der Waals surface area contributed by atoms with Crippen LogP contribution < -0.4 is 10.1 Å².